The smallest absolute Gasteiger partial charge is 0.294 e. The number of ketones is 2. The van der Waals surface area contributed by atoms with Crippen LogP contribution < -0.4 is 11.1 Å². The molecule has 0 amide bonds. The van der Waals surface area contributed by atoms with Gasteiger partial charge >= 0.3 is 12.4 Å². The van der Waals surface area contributed by atoms with Crippen molar-refractivity contribution in [3.8, 4) is 0 Å². The van der Waals surface area contributed by atoms with Gasteiger partial charge in [0.05, 0.1) is 21.9 Å². The second-order valence-corrected chi connectivity index (χ2v) is 12.8. The standard InChI is InChI=1S/2C17H10F3IN2O2/c18-17(19,20)11-3-1-2-9(6-11)7-14(24)10-4-5-12-13(8-10)15(21)22-23-16(12)25;18-17(19,20)11-3-1-2-9(6-11)7-14(24)10-4-5-12-13(8-10)16(25)23-22-15(12)21/h2*1-6,8H,7H2,(H,23,25). The number of alkyl halides is 6. The minimum atomic E-state index is -4.46. The van der Waals surface area contributed by atoms with Crippen LogP contribution in [0.25, 0.3) is 21.5 Å². The van der Waals surface area contributed by atoms with Crippen molar-refractivity contribution >= 4 is 78.3 Å². The number of H-pyrrole nitrogens is 2. The zero-order valence-corrected chi connectivity index (χ0v) is 29.4. The lowest BCUT2D eigenvalue weighted by Gasteiger charge is -2.09. The Bertz CT molecular complexity index is 2390. The number of benzene rings is 4. The minimum absolute atomic E-state index is 0.164. The van der Waals surface area contributed by atoms with Crippen molar-refractivity contribution in [2.45, 2.75) is 25.2 Å². The number of hydrogen-bond donors (Lipinski definition) is 2. The van der Waals surface area contributed by atoms with Crippen LogP contribution in [0, 0.1) is 7.40 Å². The summed E-state index contributed by atoms with van der Waals surface area (Å²) in [5, 5.41) is 14.2. The minimum Gasteiger partial charge on any atom is -0.294 e. The monoisotopic (exact) mass is 916 g/mol. The number of nitrogens with one attached hydrogen (secondary N) is 2. The van der Waals surface area contributed by atoms with Crippen LogP contribution in [-0.2, 0) is 25.2 Å². The van der Waals surface area contributed by atoms with Gasteiger partial charge in [-0.25, -0.2) is 10.2 Å². The van der Waals surface area contributed by atoms with Gasteiger partial charge in [0.25, 0.3) is 11.1 Å². The number of rotatable bonds is 6. The predicted molar refractivity (Wildman–Crippen MR) is 189 cm³/mol. The van der Waals surface area contributed by atoms with E-state index in [4.69, 9.17) is 0 Å². The average Bonchev–Trinajstić information content (AvgIpc) is 3.07. The van der Waals surface area contributed by atoms with E-state index in [1.54, 1.807) is 12.1 Å². The average molecular weight is 916 g/mol. The first-order valence-electron chi connectivity index (χ1n) is 14.3. The molecule has 256 valence electrons. The van der Waals surface area contributed by atoms with Gasteiger partial charge in [-0.05, 0) is 86.6 Å². The maximum Gasteiger partial charge on any atom is 0.416 e. The van der Waals surface area contributed by atoms with E-state index in [1.165, 1.54) is 48.5 Å². The summed E-state index contributed by atoms with van der Waals surface area (Å²) in [5.74, 6) is -0.704. The quantitative estimate of drug-likeness (QED) is 0.0994. The molecule has 16 heteroatoms. The van der Waals surface area contributed by atoms with Gasteiger partial charge in [0.2, 0.25) is 0 Å². The first-order valence-corrected chi connectivity index (χ1v) is 16.4. The van der Waals surface area contributed by atoms with Crippen molar-refractivity contribution in [1.29, 1.82) is 0 Å². The molecule has 2 aromatic heterocycles. The van der Waals surface area contributed by atoms with Gasteiger partial charge < -0.3 is 0 Å². The lowest BCUT2D eigenvalue weighted by molar-refractivity contribution is -0.138. The second kappa shape index (κ2) is 14.8. The van der Waals surface area contributed by atoms with Crippen LogP contribution in [0.4, 0.5) is 26.3 Å². The molecule has 6 rings (SSSR count). The second-order valence-electron chi connectivity index (χ2n) is 10.8. The summed E-state index contributed by atoms with van der Waals surface area (Å²) in [7, 11) is 0. The van der Waals surface area contributed by atoms with E-state index in [0.717, 1.165) is 24.3 Å². The third kappa shape index (κ3) is 8.63. The molecule has 0 fully saturated rings. The number of aromatic nitrogens is 4. The van der Waals surface area contributed by atoms with Crippen molar-refractivity contribution < 1.29 is 35.9 Å². The largest absolute Gasteiger partial charge is 0.416 e. The number of carbonyl (C=O) groups is 2. The predicted octanol–water partition coefficient (Wildman–Crippen LogP) is 7.94. The van der Waals surface area contributed by atoms with Crippen molar-refractivity contribution in [2.75, 3.05) is 0 Å². The lowest BCUT2D eigenvalue weighted by Crippen LogP contribution is -2.12. The zero-order valence-electron chi connectivity index (χ0n) is 25.0. The van der Waals surface area contributed by atoms with Gasteiger partial charge in [-0.1, -0.05) is 54.6 Å². The van der Waals surface area contributed by atoms with Gasteiger partial charge in [0.1, 0.15) is 7.40 Å². The summed E-state index contributed by atoms with van der Waals surface area (Å²) in [6.07, 6.45) is -9.26. The summed E-state index contributed by atoms with van der Waals surface area (Å²) < 4.78 is 77.7. The fourth-order valence-electron chi connectivity index (χ4n) is 4.90. The molecule has 2 heterocycles. The highest BCUT2D eigenvalue weighted by atomic mass is 127. The van der Waals surface area contributed by atoms with Gasteiger partial charge in [-0.15, -0.1) is 0 Å². The number of hydrogen-bond acceptors (Lipinski definition) is 6. The van der Waals surface area contributed by atoms with Crippen molar-refractivity contribution in [2.24, 2.45) is 0 Å². The highest BCUT2D eigenvalue weighted by Crippen LogP contribution is 2.31. The molecule has 0 unspecified atom stereocenters. The van der Waals surface area contributed by atoms with Crippen LogP contribution in [-0.4, -0.2) is 32.0 Å². The molecule has 4 aromatic carbocycles. The maximum atomic E-state index is 12.8. The van der Waals surface area contributed by atoms with Crippen LogP contribution in [0.15, 0.2) is 94.5 Å². The van der Waals surface area contributed by atoms with E-state index < -0.39 is 29.0 Å². The van der Waals surface area contributed by atoms with E-state index in [2.05, 4.69) is 20.4 Å². The molecule has 0 spiro atoms. The molecule has 8 nitrogen and oxygen atoms in total. The van der Waals surface area contributed by atoms with Crippen LogP contribution in [0.5, 0.6) is 0 Å². The van der Waals surface area contributed by atoms with E-state index in [-0.39, 0.29) is 46.7 Å². The Morgan fingerprint density at radius 3 is 1.46 bits per heavy atom. The molecule has 2 N–H and O–H groups in total. The normalized spacial score (nSPS) is 11.7. The van der Waals surface area contributed by atoms with Crippen molar-refractivity contribution in [3.05, 3.63) is 146 Å². The first-order chi connectivity index (χ1) is 23.5. The molecule has 0 aliphatic carbocycles. The Morgan fingerprint density at radius 1 is 0.560 bits per heavy atom. The number of halogens is 8. The molecular formula is C34H20F6I2N4O4. The van der Waals surface area contributed by atoms with Crippen LogP contribution in [0.2, 0.25) is 0 Å². The SMILES string of the molecule is O=C(Cc1cccc(C(F)(F)F)c1)c1ccc2c(=O)[nH]nc(I)c2c1.O=C(Cc1cccc(C(F)(F)F)c1)c1ccc2c(I)n[nH]c(=O)c2c1. The summed E-state index contributed by atoms with van der Waals surface area (Å²) in [4.78, 5) is 48.4. The molecule has 0 atom stereocenters. The Hall–Kier alpha value is -4.46. The van der Waals surface area contributed by atoms with Gasteiger partial charge in [0.15, 0.2) is 11.6 Å². The highest BCUT2D eigenvalue weighted by molar-refractivity contribution is 14.1. The fraction of sp³-hybridized carbons (Fsp3) is 0.118. The zero-order chi connectivity index (χ0) is 36.4. The molecular weight excluding hydrogens is 896 g/mol. The molecule has 0 bridgehead atoms. The Morgan fingerprint density at radius 2 is 0.980 bits per heavy atom. The van der Waals surface area contributed by atoms with E-state index in [0.29, 0.717) is 34.5 Å². The molecule has 50 heavy (non-hydrogen) atoms. The molecule has 0 aliphatic heterocycles. The van der Waals surface area contributed by atoms with Gasteiger partial charge in [0, 0.05) is 34.7 Å². The number of Topliss-reactive ketones (excluding diaryl/α,β-unsaturated/α-hetero) is 2. The number of nitrogens with zero attached hydrogens (tertiary/aromatic N) is 2. The van der Waals surface area contributed by atoms with Crippen LogP contribution in [0.3, 0.4) is 0 Å². The summed E-state index contributed by atoms with van der Waals surface area (Å²) in [5.41, 5.74) is -1.27. The van der Waals surface area contributed by atoms with Gasteiger partial charge in [-0.3, -0.25) is 19.2 Å². The third-order valence-corrected chi connectivity index (χ3v) is 9.01. The van der Waals surface area contributed by atoms with Crippen LogP contribution in [0.1, 0.15) is 43.0 Å². The lowest BCUT2D eigenvalue weighted by atomic mass is 10.00. The van der Waals surface area contributed by atoms with Gasteiger partial charge in [-0.2, -0.15) is 36.5 Å². The van der Waals surface area contributed by atoms with E-state index >= 15 is 0 Å². The number of fused-ring (bicyclic) bond motifs is 2. The maximum absolute atomic E-state index is 12.8. The van der Waals surface area contributed by atoms with E-state index in [1.807, 2.05) is 45.2 Å². The number of aromatic amines is 2. The summed E-state index contributed by atoms with van der Waals surface area (Å²) in [6.45, 7) is 0. The fourth-order valence-corrected chi connectivity index (χ4v) is 6.06. The van der Waals surface area contributed by atoms with Crippen molar-refractivity contribution in [3.63, 3.8) is 0 Å². The van der Waals surface area contributed by atoms with Crippen molar-refractivity contribution in [1.82, 2.24) is 20.4 Å². The van der Waals surface area contributed by atoms with E-state index in [9.17, 15) is 45.5 Å². The molecule has 0 saturated carbocycles. The summed E-state index contributed by atoms with van der Waals surface area (Å²) in [6, 6.07) is 18.5. The summed E-state index contributed by atoms with van der Waals surface area (Å²) >= 11 is 3.89. The first kappa shape index (κ1) is 36.8. The van der Waals surface area contributed by atoms with Crippen LogP contribution >= 0.6 is 45.2 Å². The Kier molecular flexibility index (Phi) is 10.9. The molecule has 0 radical (unpaired) electrons. The Balaban J connectivity index is 0.000000194. The molecule has 0 aliphatic rings. The Labute approximate surface area is 304 Å². The molecule has 6 aromatic rings. The topological polar surface area (TPSA) is 126 Å². The highest BCUT2D eigenvalue weighted by Gasteiger charge is 2.31. The third-order valence-electron chi connectivity index (χ3n) is 7.37. The molecule has 0 saturated heterocycles. The number of carbonyl (C=O) groups excluding carboxylic acids is 2.